The van der Waals surface area contributed by atoms with E-state index in [1.807, 2.05) is 17.8 Å². The van der Waals surface area contributed by atoms with Crippen molar-refractivity contribution in [2.45, 2.75) is 25.2 Å². The summed E-state index contributed by atoms with van der Waals surface area (Å²) >= 11 is 9.17. The van der Waals surface area contributed by atoms with Gasteiger partial charge in [0.1, 0.15) is 5.82 Å². The van der Waals surface area contributed by atoms with Crippen molar-refractivity contribution in [3.05, 3.63) is 35.6 Å². The van der Waals surface area contributed by atoms with Crippen molar-refractivity contribution in [1.29, 1.82) is 0 Å². The van der Waals surface area contributed by atoms with Crippen LogP contribution < -0.4 is 0 Å². The van der Waals surface area contributed by atoms with Crippen molar-refractivity contribution in [1.82, 2.24) is 0 Å². The molecule has 0 spiro atoms. The van der Waals surface area contributed by atoms with Crippen LogP contribution in [0.3, 0.4) is 0 Å². The molecule has 102 valence electrons. The van der Waals surface area contributed by atoms with Crippen molar-refractivity contribution in [2.75, 3.05) is 22.2 Å². The van der Waals surface area contributed by atoms with Gasteiger partial charge in [-0.15, -0.1) is 0 Å². The number of thioether (sulfide) groups is 1. The summed E-state index contributed by atoms with van der Waals surface area (Å²) in [6, 6.07) is 6.99. The van der Waals surface area contributed by atoms with E-state index >= 15 is 0 Å². The molecule has 0 heterocycles. The third-order valence-corrected chi connectivity index (χ3v) is 6.23. The Hall–Kier alpha value is 0.460. The van der Waals surface area contributed by atoms with Crippen molar-refractivity contribution >= 4 is 43.6 Å². The molecule has 18 heavy (non-hydrogen) atoms. The van der Waals surface area contributed by atoms with Crippen LogP contribution in [0.5, 0.6) is 0 Å². The van der Waals surface area contributed by atoms with Gasteiger partial charge in [-0.05, 0) is 42.0 Å². The van der Waals surface area contributed by atoms with Crippen LogP contribution in [-0.4, -0.2) is 22.2 Å². The van der Waals surface area contributed by atoms with Gasteiger partial charge in [0, 0.05) is 16.1 Å². The zero-order chi connectivity index (χ0) is 13.4. The number of halogens is 3. The summed E-state index contributed by atoms with van der Waals surface area (Å²) in [5.74, 6) is 2.19. The maximum atomic E-state index is 13.4. The van der Waals surface area contributed by atoms with Crippen LogP contribution in [0.15, 0.2) is 24.3 Å². The highest BCUT2D eigenvalue weighted by Gasteiger charge is 2.29. The first kappa shape index (κ1) is 16.5. The van der Waals surface area contributed by atoms with Gasteiger partial charge >= 0.3 is 0 Å². The second-order valence-electron chi connectivity index (χ2n) is 4.36. The molecule has 1 aromatic carbocycles. The lowest BCUT2D eigenvalue weighted by molar-refractivity contribution is 0.494. The molecule has 0 nitrogen and oxygen atoms in total. The van der Waals surface area contributed by atoms with E-state index in [1.54, 1.807) is 12.1 Å². The summed E-state index contributed by atoms with van der Waals surface area (Å²) in [6.07, 6.45) is 2.23. The predicted molar refractivity (Wildman–Crippen MR) is 87.9 cm³/mol. The predicted octanol–water partition coefficient (Wildman–Crippen LogP) is 5.39. The third kappa shape index (κ3) is 4.53. The molecule has 0 saturated carbocycles. The number of rotatable bonds is 8. The van der Waals surface area contributed by atoms with Crippen molar-refractivity contribution < 1.29 is 4.39 Å². The topological polar surface area (TPSA) is 0 Å². The first-order valence-corrected chi connectivity index (χ1v) is 9.54. The van der Waals surface area contributed by atoms with Crippen LogP contribution in [0.4, 0.5) is 4.39 Å². The molecule has 0 amide bonds. The lowest BCUT2D eigenvalue weighted by atomic mass is 9.80. The first-order chi connectivity index (χ1) is 8.68. The average molecular weight is 398 g/mol. The Balaban J connectivity index is 2.79. The van der Waals surface area contributed by atoms with E-state index in [0.29, 0.717) is 0 Å². The Kier molecular flexibility index (Phi) is 7.89. The molecule has 0 atom stereocenters. The highest BCUT2D eigenvalue weighted by molar-refractivity contribution is 9.09. The fourth-order valence-electron chi connectivity index (χ4n) is 1.94. The first-order valence-electron chi connectivity index (χ1n) is 6.14. The SMILES string of the molecule is CCSCCCC(CBr)(CBr)c1cccc(F)c1. The Morgan fingerprint density at radius 2 is 2.00 bits per heavy atom. The number of hydrogen-bond donors (Lipinski definition) is 0. The van der Waals surface area contributed by atoms with Gasteiger partial charge in [0.2, 0.25) is 0 Å². The highest BCUT2D eigenvalue weighted by atomic mass is 79.9. The maximum Gasteiger partial charge on any atom is 0.123 e. The van der Waals surface area contributed by atoms with E-state index < -0.39 is 0 Å². The minimum absolute atomic E-state index is 0.00357. The van der Waals surface area contributed by atoms with E-state index in [4.69, 9.17) is 0 Å². The highest BCUT2D eigenvalue weighted by Crippen LogP contribution is 2.34. The lowest BCUT2D eigenvalue weighted by Gasteiger charge is -2.31. The Bertz CT molecular complexity index is 353. The molecule has 0 aliphatic carbocycles. The molecule has 0 saturated heterocycles. The molecular formula is C14H19Br2FS. The minimum Gasteiger partial charge on any atom is -0.207 e. The molecule has 1 aromatic rings. The average Bonchev–Trinajstić information content (AvgIpc) is 2.40. The van der Waals surface area contributed by atoms with Crippen LogP contribution in [-0.2, 0) is 5.41 Å². The van der Waals surface area contributed by atoms with Gasteiger partial charge < -0.3 is 0 Å². The quantitative estimate of drug-likeness (QED) is 0.418. The lowest BCUT2D eigenvalue weighted by Crippen LogP contribution is -2.30. The molecule has 0 aromatic heterocycles. The largest absolute Gasteiger partial charge is 0.207 e. The van der Waals surface area contributed by atoms with Crippen molar-refractivity contribution in [2.24, 2.45) is 0 Å². The van der Waals surface area contributed by atoms with Gasteiger partial charge in [0.15, 0.2) is 0 Å². The Morgan fingerprint density at radius 1 is 1.28 bits per heavy atom. The fraction of sp³-hybridized carbons (Fsp3) is 0.571. The molecule has 0 N–H and O–H groups in total. The van der Waals surface area contributed by atoms with Crippen molar-refractivity contribution in [3.63, 3.8) is 0 Å². The van der Waals surface area contributed by atoms with Gasteiger partial charge in [0.05, 0.1) is 0 Å². The molecule has 0 aliphatic rings. The Labute approximate surface area is 130 Å². The summed E-state index contributed by atoms with van der Waals surface area (Å²) < 4.78 is 13.4. The van der Waals surface area contributed by atoms with E-state index in [2.05, 4.69) is 38.8 Å². The van der Waals surface area contributed by atoms with Gasteiger partial charge in [0.25, 0.3) is 0 Å². The number of hydrogen-bond acceptors (Lipinski definition) is 1. The van der Waals surface area contributed by atoms with Crippen LogP contribution in [0.25, 0.3) is 0 Å². The van der Waals surface area contributed by atoms with Crippen molar-refractivity contribution in [3.8, 4) is 0 Å². The second kappa shape index (κ2) is 8.60. The molecule has 0 aliphatic heterocycles. The van der Waals surface area contributed by atoms with Gasteiger partial charge in [-0.3, -0.25) is 0 Å². The summed E-state index contributed by atoms with van der Waals surface area (Å²) in [4.78, 5) is 0. The van der Waals surface area contributed by atoms with Crippen LogP contribution in [0, 0.1) is 5.82 Å². The molecular weight excluding hydrogens is 379 g/mol. The fourth-order valence-corrected chi connectivity index (χ4v) is 4.72. The zero-order valence-electron chi connectivity index (χ0n) is 10.6. The monoisotopic (exact) mass is 396 g/mol. The molecule has 0 fully saturated rings. The number of benzene rings is 1. The smallest absolute Gasteiger partial charge is 0.123 e. The van der Waals surface area contributed by atoms with E-state index in [-0.39, 0.29) is 11.2 Å². The normalized spacial score (nSPS) is 11.8. The summed E-state index contributed by atoms with van der Waals surface area (Å²) in [5, 5.41) is 1.71. The summed E-state index contributed by atoms with van der Waals surface area (Å²) in [7, 11) is 0. The maximum absolute atomic E-state index is 13.4. The molecule has 0 radical (unpaired) electrons. The van der Waals surface area contributed by atoms with Crippen LogP contribution >= 0.6 is 43.6 Å². The third-order valence-electron chi connectivity index (χ3n) is 3.10. The zero-order valence-corrected chi connectivity index (χ0v) is 14.6. The van der Waals surface area contributed by atoms with Crippen LogP contribution in [0.1, 0.15) is 25.3 Å². The number of alkyl halides is 2. The van der Waals surface area contributed by atoms with E-state index in [9.17, 15) is 4.39 Å². The second-order valence-corrected chi connectivity index (χ2v) is 6.87. The van der Waals surface area contributed by atoms with E-state index in [1.165, 1.54) is 11.8 Å². The summed E-state index contributed by atoms with van der Waals surface area (Å²) in [5.41, 5.74) is 1.08. The molecule has 0 unspecified atom stereocenters. The molecule has 4 heteroatoms. The summed E-state index contributed by atoms with van der Waals surface area (Å²) in [6.45, 7) is 2.18. The Morgan fingerprint density at radius 3 is 2.56 bits per heavy atom. The molecule has 1 rings (SSSR count). The standard InChI is InChI=1S/C14H19Br2FS/c1-2-18-8-4-7-14(10-15,11-16)12-5-3-6-13(17)9-12/h3,5-6,9H,2,4,7-8,10-11H2,1H3. The van der Waals surface area contributed by atoms with Gasteiger partial charge in [-0.1, -0.05) is 50.9 Å². The van der Waals surface area contributed by atoms with Gasteiger partial charge in [-0.25, -0.2) is 4.39 Å². The van der Waals surface area contributed by atoms with Crippen LogP contribution in [0.2, 0.25) is 0 Å². The minimum atomic E-state index is -0.151. The van der Waals surface area contributed by atoms with E-state index in [0.717, 1.165) is 34.8 Å². The molecule has 0 bridgehead atoms. The van der Waals surface area contributed by atoms with Gasteiger partial charge in [-0.2, -0.15) is 11.8 Å².